The molecule has 2 aromatic rings. The summed E-state index contributed by atoms with van der Waals surface area (Å²) in [6, 6.07) is 11.9. The number of alkyl halides is 1. The summed E-state index contributed by atoms with van der Waals surface area (Å²) in [6.07, 6.45) is 0. The second-order valence-electron chi connectivity index (χ2n) is 4.73. The topological polar surface area (TPSA) is 27.7 Å². The second-order valence-corrected chi connectivity index (χ2v) is 5.65. The van der Waals surface area contributed by atoms with Crippen molar-refractivity contribution in [2.75, 3.05) is 21.3 Å². The first-order valence-electron chi connectivity index (χ1n) is 6.60. The molecule has 112 valence electrons. The fourth-order valence-corrected chi connectivity index (χ4v) is 2.99. The third-order valence-electron chi connectivity index (χ3n) is 3.42. The van der Waals surface area contributed by atoms with Gasteiger partial charge in [0.15, 0.2) is 0 Å². The summed E-state index contributed by atoms with van der Waals surface area (Å²) in [7, 11) is 4.98. The molecule has 1 unspecified atom stereocenters. The van der Waals surface area contributed by atoms with E-state index in [1.165, 1.54) is 5.56 Å². The summed E-state index contributed by atoms with van der Waals surface area (Å²) >= 11 is 3.77. The number of methoxy groups -OCH3 is 3. The number of hydrogen-bond acceptors (Lipinski definition) is 3. The summed E-state index contributed by atoms with van der Waals surface area (Å²) < 4.78 is 15.9. The van der Waals surface area contributed by atoms with Crippen molar-refractivity contribution in [2.45, 2.75) is 11.8 Å². The van der Waals surface area contributed by atoms with Crippen molar-refractivity contribution in [1.82, 2.24) is 0 Å². The first-order valence-corrected chi connectivity index (χ1v) is 7.52. The van der Waals surface area contributed by atoms with Crippen molar-refractivity contribution in [2.24, 2.45) is 0 Å². The third kappa shape index (κ3) is 3.50. The SMILES string of the molecule is COc1cc(OC)cc(C(Br)c2ccc(OC)cc2C)c1. The number of rotatable bonds is 5. The standard InChI is InChI=1S/C17H19BrO3/c1-11-7-13(19-2)5-6-16(11)17(18)12-8-14(20-3)10-15(9-12)21-4/h5-10,17H,1-4H3. The van der Waals surface area contributed by atoms with Crippen molar-refractivity contribution in [3.05, 3.63) is 53.1 Å². The molecule has 0 aliphatic carbocycles. The Morgan fingerprint density at radius 2 is 1.38 bits per heavy atom. The maximum Gasteiger partial charge on any atom is 0.122 e. The molecule has 0 saturated carbocycles. The van der Waals surface area contributed by atoms with Gasteiger partial charge in [0.1, 0.15) is 17.2 Å². The van der Waals surface area contributed by atoms with Gasteiger partial charge in [0.05, 0.1) is 26.2 Å². The van der Waals surface area contributed by atoms with E-state index in [0.29, 0.717) is 0 Å². The summed E-state index contributed by atoms with van der Waals surface area (Å²) in [5.41, 5.74) is 3.43. The molecule has 21 heavy (non-hydrogen) atoms. The molecule has 1 atom stereocenters. The summed E-state index contributed by atoms with van der Waals surface area (Å²) in [5, 5.41) is 0. The summed E-state index contributed by atoms with van der Waals surface area (Å²) in [4.78, 5) is 0.0624. The Bertz CT molecular complexity index is 603. The number of ether oxygens (including phenoxy) is 3. The smallest absolute Gasteiger partial charge is 0.122 e. The average molecular weight is 351 g/mol. The van der Waals surface area contributed by atoms with Gasteiger partial charge in [-0.25, -0.2) is 0 Å². The molecule has 0 amide bonds. The maximum absolute atomic E-state index is 5.33. The van der Waals surface area contributed by atoms with E-state index in [-0.39, 0.29) is 4.83 Å². The lowest BCUT2D eigenvalue weighted by Crippen LogP contribution is -1.98. The zero-order chi connectivity index (χ0) is 15.4. The molecule has 0 spiro atoms. The predicted octanol–water partition coefficient (Wildman–Crippen LogP) is 4.51. The minimum Gasteiger partial charge on any atom is -0.497 e. The molecule has 3 nitrogen and oxygen atoms in total. The molecule has 0 N–H and O–H groups in total. The normalized spacial score (nSPS) is 11.9. The molecule has 0 fully saturated rings. The van der Waals surface area contributed by atoms with Crippen LogP contribution >= 0.6 is 15.9 Å². The maximum atomic E-state index is 5.33. The van der Waals surface area contributed by atoms with Gasteiger partial charge in [0, 0.05) is 6.07 Å². The minimum absolute atomic E-state index is 0.0624. The van der Waals surface area contributed by atoms with E-state index in [9.17, 15) is 0 Å². The van der Waals surface area contributed by atoms with Crippen LogP contribution < -0.4 is 14.2 Å². The van der Waals surface area contributed by atoms with E-state index in [4.69, 9.17) is 14.2 Å². The van der Waals surface area contributed by atoms with Crippen LogP contribution in [-0.2, 0) is 0 Å². The Kier molecular flexibility index (Phi) is 5.12. The van der Waals surface area contributed by atoms with Crippen LogP contribution in [0, 0.1) is 6.92 Å². The van der Waals surface area contributed by atoms with Gasteiger partial charge in [-0.3, -0.25) is 0 Å². The van der Waals surface area contributed by atoms with E-state index in [1.807, 2.05) is 30.3 Å². The molecule has 0 aliphatic heterocycles. The summed E-state index contributed by atoms with van der Waals surface area (Å²) in [5.74, 6) is 2.42. The molecule has 0 saturated heterocycles. The highest BCUT2D eigenvalue weighted by Crippen LogP contribution is 2.37. The number of halogens is 1. The van der Waals surface area contributed by atoms with Gasteiger partial charge in [0.2, 0.25) is 0 Å². The molecular formula is C17H19BrO3. The van der Waals surface area contributed by atoms with Crippen LogP contribution in [-0.4, -0.2) is 21.3 Å². The van der Waals surface area contributed by atoms with Crippen LogP contribution in [0.15, 0.2) is 36.4 Å². The van der Waals surface area contributed by atoms with Crippen LogP contribution in [0.2, 0.25) is 0 Å². The largest absolute Gasteiger partial charge is 0.497 e. The predicted molar refractivity (Wildman–Crippen MR) is 88.0 cm³/mol. The Morgan fingerprint density at radius 3 is 1.86 bits per heavy atom. The quantitative estimate of drug-likeness (QED) is 0.742. The molecular weight excluding hydrogens is 332 g/mol. The van der Waals surface area contributed by atoms with Crippen molar-refractivity contribution < 1.29 is 14.2 Å². The Balaban J connectivity index is 2.41. The average Bonchev–Trinajstić information content (AvgIpc) is 2.53. The number of aryl methyl sites for hydroxylation is 1. The number of hydrogen-bond donors (Lipinski definition) is 0. The van der Waals surface area contributed by atoms with E-state index in [1.54, 1.807) is 21.3 Å². The highest BCUT2D eigenvalue weighted by atomic mass is 79.9. The monoisotopic (exact) mass is 350 g/mol. The van der Waals surface area contributed by atoms with Gasteiger partial charge >= 0.3 is 0 Å². The van der Waals surface area contributed by atoms with Crippen molar-refractivity contribution in [3.8, 4) is 17.2 Å². The number of benzene rings is 2. The molecule has 2 rings (SSSR count). The Morgan fingerprint density at radius 1 is 0.810 bits per heavy atom. The van der Waals surface area contributed by atoms with E-state index in [0.717, 1.165) is 28.4 Å². The van der Waals surface area contributed by atoms with Crippen molar-refractivity contribution >= 4 is 15.9 Å². The third-order valence-corrected chi connectivity index (χ3v) is 4.44. The lowest BCUT2D eigenvalue weighted by molar-refractivity contribution is 0.393. The van der Waals surface area contributed by atoms with Crippen molar-refractivity contribution in [1.29, 1.82) is 0 Å². The summed E-state index contributed by atoms with van der Waals surface area (Å²) in [6.45, 7) is 2.07. The molecule has 0 aromatic heterocycles. The lowest BCUT2D eigenvalue weighted by Gasteiger charge is -2.16. The second kappa shape index (κ2) is 6.85. The fourth-order valence-electron chi connectivity index (χ4n) is 2.21. The molecule has 0 heterocycles. The van der Waals surface area contributed by atoms with Crippen LogP contribution in [0.3, 0.4) is 0 Å². The fraction of sp³-hybridized carbons (Fsp3) is 0.294. The van der Waals surface area contributed by atoms with Crippen LogP contribution in [0.4, 0.5) is 0 Å². The van der Waals surface area contributed by atoms with Gasteiger partial charge in [-0.15, -0.1) is 0 Å². The Labute approximate surface area is 134 Å². The van der Waals surface area contributed by atoms with Crippen molar-refractivity contribution in [3.63, 3.8) is 0 Å². The first-order chi connectivity index (χ1) is 10.1. The highest BCUT2D eigenvalue weighted by Gasteiger charge is 2.15. The molecule has 0 bridgehead atoms. The van der Waals surface area contributed by atoms with Gasteiger partial charge in [-0.2, -0.15) is 0 Å². The highest BCUT2D eigenvalue weighted by molar-refractivity contribution is 9.09. The van der Waals surface area contributed by atoms with E-state index >= 15 is 0 Å². The van der Waals surface area contributed by atoms with E-state index in [2.05, 4.69) is 28.9 Å². The minimum atomic E-state index is 0.0624. The lowest BCUT2D eigenvalue weighted by atomic mass is 9.99. The molecule has 4 heteroatoms. The molecule has 0 radical (unpaired) electrons. The van der Waals surface area contributed by atoms with E-state index < -0.39 is 0 Å². The zero-order valence-electron chi connectivity index (χ0n) is 12.6. The zero-order valence-corrected chi connectivity index (χ0v) is 14.2. The molecule has 0 aliphatic rings. The first kappa shape index (κ1) is 15.7. The van der Waals surface area contributed by atoms with Crippen LogP contribution in [0.25, 0.3) is 0 Å². The van der Waals surface area contributed by atoms with Gasteiger partial charge < -0.3 is 14.2 Å². The molecule has 2 aromatic carbocycles. The van der Waals surface area contributed by atoms with Crippen LogP contribution in [0.5, 0.6) is 17.2 Å². The Hall–Kier alpha value is -1.68. The van der Waals surface area contributed by atoms with Gasteiger partial charge in [-0.05, 0) is 47.9 Å². The van der Waals surface area contributed by atoms with Crippen LogP contribution in [0.1, 0.15) is 21.5 Å². The van der Waals surface area contributed by atoms with Gasteiger partial charge in [0.25, 0.3) is 0 Å². The van der Waals surface area contributed by atoms with Gasteiger partial charge in [-0.1, -0.05) is 22.0 Å².